The summed E-state index contributed by atoms with van der Waals surface area (Å²) in [6.07, 6.45) is 17.4. The standard InChI is InChI=1S/C25H25N5/c1-17(18-6-3-2-4-7-18)29-21-9-5-8-20(14-21)22-15-27-25-24(22)30-23(16-28-25)19-10-12-26-13-11-19/h2-6,8-18,23,27,29-30H,7H2,1H3/t17-,18?,23?/m0/s1. The molecule has 3 aromatic rings. The maximum Gasteiger partial charge on any atom is 0.153 e. The molecule has 1 aromatic carbocycles. The number of nitrogens with one attached hydrogen (secondary N) is 3. The highest BCUT2D eigenvalue weighted by Gasteiger charge is 2.21. The van der Waals surface area contributed by atoms with Gasteiger partial charge in [-0.25, -0.2) is 4.99 Å². The molecule has 5 rings (SSSR count). The van der Waals surface area contributed by atoms with Crippen LogP contribution in [0.1, 0.15) is 24.9 Å². The van der Waals surface area contributed by atoms with Crippen molar-refractivity contribution in [3.63, 3.8) is 0 Å². The number of fused-ring (bicyclic) bond motifs is 1. The molecule has 0 spiro atoms. The van der Waals surface area contributed by atoms with Gasteiger partial charge >= 0.3 is 0 Å². The van der Waals surface area contributed by atoms with E-state index < -0.39 is 0 Å². The van der Waals surface area contributed by atoms with E-state index >= 15 is 0 Å². The molecule has 0 saturated heterocycles. The Hall–Kier alpha value is -3.60. The summed E-state index contributed by atoms with van der Waals surface area (Å²) in [5.74, 6) is 1.37. The van der Waals surface area contributed by atoms with Gasteiger partial charge in [-0.3, -0.25) is 4.98 Å². The molecule has 0 fully saturated rings. The molecule has 0 radical (unpaired) electrons. The Morgan fingerprint density at radius 3 is 2.87 bits per heavy atom. The van der Waals surface area contributed by atoms with Crippen LogP contribution in [0.4, 0.5) is 17.2 Å². The summed E-state index contributed by atoms with van der Waals surface area (Å²) in [6, 6.07) is 13.0. The number of pyridine rings is 1. The topological polar surface area (TPSA) is 65.1 Å². The molecule has 1 aliphatic heterocycles. The molecule has 2 aromatic heterocycles. The minimum atomic E-state index is 0.0301. The molecule has 0 amide bonds. The predicted molar refractivity (Wildman–Crippen MR) is 124 cm³/mol. The SMILES string of the molecule is C[C@H](Nc1cccc(-c2c[nH]c3c2NC(c2ccncc2)C=N3)c1)C1C=CC=CC1. The van der Waals surface area contributed by atoms with Gasteiger partial charge in [0.05, 0.1) is 11.7 Å². The van der Waals surface area contributed by atoms with Crippen molar-refractivity contribution in [2.75, 3.05) is 10.6 Å². The van der Waals surface area contributed by atoms with Crippen LogP contribution in [0, 0.1) is 5.92 Å². The first-order chi connectivity index (χ1) is 14.8. The maximum absolute atomic E-state index is 4.64. The zero-order chi connectivity index (χ0) is 20.3. The van der Waals surface area contributed by atoms with Crippen molar-refractivity contribution in [3.8, 4) is 11.1 Å². The number of aliphatic imine (C=N–C) groups is 1. The zero-order valence-electron chi connectivity index (χ0n) is 16.9. The lowest BCUT2D eigenvalue weighted by Gasteiger charge is -2.24. The van der Waals surface area contributed by atoms with E-state index in [0.717, 1.165) is 40.3 Å². The Morgan fingerprint density at radius 1 is 1.13 bits per heavy atom. The van der Waals surface area contributed by atoms with Crippen LogP contribution in [-0.2, 0) is 0 Å². The first kappa shape index (κ1) is 18.4. The average Bonchev–Trinajstić information content (AvgIpc) is 3.24. The number of nitrogens with zero attached hydrogens (tertiary/aromatic N) is 2. The van der Waals surface area contributed by atoms with Crippen molar-refractivity contribution in [1.82, 2.24) is 9.97 Å². The first-order valence-corrected chi connectivity index (χ1v) is 10.4. The smallest absolute Gasteiger partial charge is 0.153 e. The molecule has 2 unspecified atom stereocenters. The molecule has 3 atom stereocenters. The van der Waals surface area contributed by atoms with Crippen LogP contribution in [0.2, 0.25) is 0 Å². The highest BCUT2D eigenvalue weighted by molar-refractivity contribution is 5.92. The van der Waals surface area contributed by atoms with E-state index in [1.807, 2.05) is 36.9 Å². The Labute approximate surface area is 176 Å². The molecular formula is C25H25N5. The number of allylic oxidation sites excluding steroid dienone is 3. The molecule has 3 N–H and O–H groups in total. The fraction of sp³-hybridized carbons (Fsp3) is 0.200. The summed E-state index contributed by atoms with van der Waals surface area (Å²) in [4.78, 5) is 12.0. The number of hydrogen-bond acceptors (Lipinski definition) is 4. The molecule has 30 heavy (non-hydrogen) atoms. The van der Waals surface area contributed by atoms with Crippen molar-refractivity contribution in [2.24, 2.45) is 10.9 Å². The van der Waals surface area contributed by atoms with Crippen LogP contribution in [0.25, 0.3) is 11.1 Å². The third-order valence-corrected chi connectivity index (χ3v) is 5.80. The van der Waals surface area contributed by atoms with Gasteiger partial charge in [-0.05, 0) is 48.7 Å². The van der Waals surface area contributed by atoms with E-state index in [9.17, 15) is 0 Å². The highest BCUT2D eigenvalue weighted by Crippen LogP contribution is 2.40. The summed E-state index contributed by atoms with van der Waals surface area (Å²) in [6.45, 7) is 2.24. The lowest BCUT2D eigenvalue weighted by molar-refractivity contribution is 0.569. The van der Waals surface area contributed by atoms with Crippen molar-refractivity contribution in [1.29, 1.82) is 0 Å². The molecular weight excluding hydrogens is 370 g/mol. The van der Waals surface area contributed by atoms with Crippen molar-refractivity contribution >= 4 is 23.4 Å². The van der Waals surface area contributed by atoms with Gasteiger partial charge in [-0.2, -0.15) is 0 Å². The minimum Gasteiger partial charge on any atom is -0.382 e. The number of hydrogen-bond donors (Lipinski definition) is 3. The summed E-state index contributed by atoms with van der Waals surface area (Å²) in [7, 11) is 0. The van der Waals surface area contributed by atoms with Gasteiger partial charge in [0.2, 0.25) is 0 Å². The van der Waals surface area contributed by atoms with Crippen LogP contribution in [0.3, 0.4) is 0 Å². The predicted octanol–water partition coefficient (Wildman–Crippen LogP) is 5.88. The van der Waals surface area contributed by atoms with Crippen LogP contribution in [0.15, 0.2) is 84.3 Å². The summed E-state index contributed by atoms with van der Waals surface area (Å²) in [5, 5.41) is 7.30. The van der Waals surface area contributed by atoms with E-state index in [4.69, 9.17) is 0 Å². The van der Waals surface area contributed by atoms with Gasteiger partial charge in [-0.15, -0.1) is 0 Å². The molecule has 1 aliphatic carbocycles. The summed E-state index contributed by atoms with van der Waals surface area (Å²) < 4.78 is 0. The molecule has 5 nitrogen and oxygen atoms in total. The largest absolute Gasteiger partial charge is 0.382 e. The Morgan fingerprint density at radius 2 is 2.03 bits per heavy atom. The third kappa shape index (κ3) is 3.66. The van der Waals surface area contributed by atoms with Crippen molar-refractivity contribution in [3.05, 3.63) is 84.9 Å². The number of aromatic amines is 1. The third-order valence-electron chi connectivity index (χ3n) is 5.80. The number of rotatable bonds is 5. The highest BCUT2D eigenvalue weighted by atomic mass is 15.1. The molecule has 0 bridgehead atoms. The normalized spacial score (nSPS) is 20.4. The van der Waals surface area contributed by atoms with Crippen LogP contribution < -0.4 is 10.6 Å². The van der Waals surface area contributed by atoms with Gasteiger partial charge in [0, 0.05) is 48.0 Å². The molecule has 0 saturated carbocycles. The Balaban J connectivity index is 1.38. The number of H-pyrrole nitrogens is 1. The van der Waals surface area contributed by atoms with Gasteiger partial charge < -0.3 is 15.6 Å². The fourth-order valence-corrected chi connectivity index (χ4v) is 4.09. The van der Waals surface area contributed by atoms with Crippen LogP contribution in [0.5, 0.6) is 0 Å². The van der Waals surface area contributed by atoms with E-state index in [1.54, 1.807) is 0 Å². The summed E-state index contributed by atoms with van der Waals surface area (Å²) in [5.41, 5.74) is 5.58. The molecule has 2 aliphatic rings. The fourth-order valence-electron chi connectivity index (χ4n) is 4.09. The second kappa shape index (κ2) is 8.03. The minimum absolute atomic E-state index is 0.0301. The second-order valence-electron chi connectivity index (χ2n) is 7.83. The van der Waals surface area contributed by atoms with E-state index in [1.165, 1.54) is 0 Å². The monoisotopic (exact) mass is 395 g/mol. The first-order valence-electron chi connectivity index (χ1n) is 10.4. The van der Waals surface area contributed by atoms with Crippen LogP contribution in [-0.4, -0.2) is 22.2 Å². The van der Waals surface area contributed by atoms with E-state index in [0.29, 0.717) is 12.0 Å². The molecule has 5 heteroatoms. The van der Waals surface area contributed by atoms with Gasteiger partial charge in [-0.1, -0.05) is 36.4 Å². The second-order valence-corrected chi connectivity index (χ2v) is 7.83. The molecule has 3 heterocycles. The number of aromatic nitrogens is 2. The van der Waals surface area contributed by atoms with Gasteiger partial charge in [0.25, 0.3) is 0 Å². The number of anilines is 2. The Bertz CT molecular complexity index is 1110. The summed E-state index contributed by atoms with van der Waals surface area (Å²) >= 11 is 0. The van der Waals surface area contributed by atoms with Crippen molar-refractivity contribution in [2.45, 2.75) is 25.4 Å². The van der Waals surface area contributed by atoms with E-state index in [2.05, 4.69) is 81.1 Å². The average molecular weight is 396 g/mol. The van der Waals surface area contributed by atoms with Gasteiger partial charge in [0.15, 0.2) is 5.82 Å². The van der Waals surface area contributed by atoms with Crippen molar-refractivity contribution < 1.29 is 0 Å². The zero-order valence-corrected chi connectivity index (χ0v) is 16.9. The van der Waals surface area contributed by atoms with Crippen LogP contribution >= 0.6 is 0 Å². The Kier molecular flexibility index (Phi) is 4.93. The lowest BCUT2D eigenvalue weighted by Crippen LogP contribution is -2.24. The van der Waals surface area contributed by atoms with Gasteiger partial charge in [0.1, 0.15) is 0 Å². The lowest BCUT2D eigenvalue weighted by atomic mass is 9.93. The molecule has 150 valence electrons. The number of benzene rings is 1. The maximum atomic E-state index is 4.64. The quantitative estimate of drug-likeness (QED) is 0.505. The van der Waals surface area contributed by atoms with E-state index in [-0.39, 0.29) is 6.04 Å².